The van der Waals surface area contributed by atoms with Crippen LogP contribution in [0.5, 0.6) is 0 Å². The Morgan fingerprint density at radius 2 is 1.89 bits per heavy atom. The molecule has 0 aliphatic heterocycles. The molecular formula is C14H19N3O2. The summed E-state index contributed by atoms with van der Waals surface area (Å²) < 4.78 is 1.93. The molecule has 102 valence electrons. The standard InChI is InChI=1S/C14H19N3O2/c15-13-6-7-14(16-8-12(19)10-18)17(13)9-11-4-2-1-3-5-11/h1-7,12,16,18-19H,8-10,15H2. The van der Waals surface area contributed by atoms with Gasteiger partial charge < -0.3 is 25.8 Å². The number of aliphatic hydroxyl groups excluding tert-OH is 2. The van der Waals surface area contributed by atoms with Gasteiger partial charge in [-0.25, -0.2) is 0 Å². The van der Waals surface area contributed by atoms with Crippen LogP contribution in [-0.4, -0.2) is 34.0 Å². The highest BCUT2D eigenvalue weighted by molar-refractivity contribution is 5.49. The van der Waals surface area contributed by atoms with Crippen molar-refractivity contribution in [3.05, 3.63) is 48.0 Å². The predicted molar refractivity (Wildman–Crippen MR) is 76.0 cm³/mol. The molecule has 1 unspecified atom stereocenters. The Labute approximate surface area is 112 Å². The van der Waals surface area contributed by atoms with E-state index in [0.717, 1.165) is 11.4 Å². The van der Waals surface area contributed by atoms with Gasteiger partial charge in [-0.1, -0.05) is 30.3 Å². The van der Waals surface area contributed by atoms with Crippen LogP contribution < -0.4 is 11.1 Å². The van der Waals surface area contributed by atoms with Crippen molar-refractivity contribution in [3.63, 3.8) is 0 Å². The minimum atomic E-state index is -0.777. The summed E-state index contributed by atoms with van der Waals surface area (Å²) in [5.74, 6) is 1.48. The van der Waals surface area contributed by atoms with E-state index in [-0.39, 0.29) is 13.2 Å². The van der Waals surface area contributed by atoms with E-state index in [2.05, 4.69) is 5.32 Å². The third kappa shape index (κ3) is 3.49. The number of aromatic nitrogens is 1. The van der Waals surface area contributed by atoms with Gasteiger partial charge in [-0.05, 0) is 17.7 Å². The first kappa shape index (κ1) is 13.5. The van der Waals surface area contributed by atoms with Gasteiger partial charge in [0.05, 0.1) is 19.3 Å². The average Bonchev–Trinajstić information content (AvgIpc) is 2.78. The number of nitrogens with one attached hydrogen (secondary N) is 1. The number of nitrogens with zero attached hydrogens (tertiary/aromatic N) is 1. The molecular weight excluding hydrogens is 242 g/mol. The lowest BCUT2D eigenvalue weighted by molar-refractivity contribution is 0.105. The van der Waals surface area contributed by atoms with E-state index in [1.54, 1.807) is 0 Å². The number of aliphatic hydroxyl groups is 2. The first-order valence-corrected chi connectivity index (χ1v) is 6.22. The first-order valence-electron chi connectivity index (χ1n) is 6.22. The number of rotatable bonds is 6. The molecule has 1 heterocycles. The van der Waals surface area contributed by atoms with Crippen LogP contribution in [0, 0.1) is 0 Å². The second kappa shape index (κ2) is 6.26. The highest BCUT2D eigenvalue weighted by atomic mass is 16.3. The molecule has 1 aromatic heterocycles. The fourth-order valence-corrected chi connectivity index (χ4v) is 1.87. The van der Waals surface area contributed by atoms with E-state index in [1.807, 2.05) is 47.0 Å². The zero-order chi connectivity index (χ0) is 13.7. The van der Waals surface area contributed by atoms with Crippen molar-refractivity contribution < 1.29 is 10.2 Å². The van der Waals surface area contributed by atoms with Crippen molar-refractivity contribution in [2.24, 2.45) is 0 Å². The molecule has 0 saturated heterocycles. The third-order valence-electron chi connectivity index (χ3n) is 2.93. The molecule has 2 aromatic rings. The Balaban J connectivity index is 2.09. The van der Waals surface area contributed by atoms with Crippen molar-refractivity contribution >= 4 is 11.6 Å². The Kier molecular flexibility index (Phi) is 4.43. The van der Waals surface area contributed by atoms with E-state index >= 15 is 0 Å². The minimum absolute atomic E-state index is 0.262. The summed E-state index contributed by atoms with van der Waals surface area (Å²) in [5, 5.41) is 21.2. The van der Waals surface area contributed by atoms with Crippen LogP contribution in [0.3, 0.4) is 0 Å². The smallest absolute Gasteiger partial charge is 0.107 e. The van der Waals surface area contributed by atoms with Crippen LogP contribution in [0.2, 0.25) is 0 Å². The monoisotopic (exact) mass is 261 g/mol. The zero-order valence-electron chi connectivity index (χ0n) is 10.7. The van der Waals surface area contributed by atoms with Gasteiger partial charge in [-0.3, -0.25) is 0 Å². The molecule has 0 amide bonds. The lowest BCUT2D eigenvalue weighted by atomic mass is 10.2. The second-order valence-corrected chi connectivity index (χ2v) is 4.43. The van der Waals surface area contributed by atoms with Crippen LogP contribution >= 0.6 is 0 Å². The molecule has 19 heavy (non-hydrogen) atoms. The maximum atomic E-state index is 9.35. The second-order valence-electron chi connectivity index (χ2n) is 4.43. The molecule has 5 heteroatoms. The zero-order valence-corrected chi connectivity index (χ0v) is 10.7. The number of hydrogen-bond acceptors (Lipinski definition) is 4. The number of benzene rings is 1. The molecule has 0 bridgehead atoms. The highest BCUT2D eigenvalue weighted by Gasteiger charge is 2.08. The molecule has 0 spiro atoms. The van der Waals surface area contributed by atoms with Gasteiger partial charge in [0.1, 0.15) is 11.6 Å². The summed E-state index contributed by atoms with van der Waals surface area (Å²) >= 11 is 0. The minimum Gasteiger partial charge on any atom is -0.394 e. The van der Waals surface area contributed by atoms with E-state index in [9.17, 15) is 5.11 Å². The summed E-state index contributed by atoms with van der Waals surface area (Å²) in [7, 11) is 0. The van der Waals surface area contributed by atoms with Crippen LogP contribution in [0.1, 0.15) is 5.56 Å². The van der Waals surface area contributed by atoms with Gasteiger partial charge in [0.2, 0.25) is 0 Å². The average molecular weight is 261 g/mol. The first-order chi connectivity index (χ1) is 9.20. The van der Waals surface area contributed by atoms with Crippen LogP contribution in [-0.2, 0) is 6.54 Å². The summed E-state index contributed by atoms with van der Waals surface area (Å²) in [6.45, 7) is 0.688. The van der Waals surface area contributed by atoms with Gasteiger partial charge in [0.15, 0.2) is 0 Å². The van der Waals surface area contributed by atoms with Crippen molar-refractivity contribution in [2.45, 2.75) is 12.6 Å². The molecule has 5 N–H and O–H groups in total. The Bertz CT molecular complexity index is 511. The highest BCUT2D eigenvalue weighted by Crippen LogP contribution is 2.18. The SMILES string of the molecule is Nc1ccc(NCC(O)CO)n1Cc1ccccc1. The molecule has 0 radical (unpaired) electrons. The predicted octanol–water partition coefficient (Wildman–Crippen LogP) is 0.884. The van der Waals surface area contributed by atoms with Gasteiger partial charge >= 0.3 is 0 Å². The molecule has 0 aliphatic rings. The molecule has 1 aromatic carbocycles. The number of hydrogen-bond donors (Lipinski definition) is 4. The van der Waals surface area contributed by atoms with Crippen molar-refractivity contribution in [1.82, 2.24) is 4.57 Å². The van der Waals surface area contributed by atoms with Gasteiger partial charge in [-0.15, -0.1) is 0 Å². The van der Waals surface area contributed by atoms with Crippen molar-refractivity contribution in [3.8, 4) is 0 Å². The summed E-state index contributed by atoms with van der Waals surface area (Å²) in [6, 6.07) is 13.7. The van der Waals surface area contributed by atoms with Gasteiger partial charge in [0.25, 0.3) is 0 Å². The normalized spacial score (nSPS) is 12.3. The Morgan fingerprint density at radius 3 is 2.58 bits per heavy atom. The van der Waals surface area contributed by atoms with Crippen molar-refractivity contribution in [2.75, 3.05) is 24.2 Å². The summed E-state index contributed by atoms with van der Waals surface area (Å²) in [6.07, 6.45) is -0.777. The summed E-state index contributed by atoms with van der Waals surface area (Å²) in [4.78, 5) is 0. The van der Waals surface area contributed by atoms with E-state index in [1.165, 1.54) is 0 Å². The molecule has 0 aliphatic carbocycles. The van der Waals surface area contributed by atoms with Crippen LogP contribution in [0.4, 0.5) is 11.6 Å². The lowest BCUT2D eigenvalue weighted by Gasteiger charge is -2.14. The quantitative estimate of drug-likeness (QED) is 0.622. The molecule has 1 atom stereocenters. The molecule has 5 nitrogen and oxygen atoms in total. The maximum absolute atomic E-state index is 9.35. The fraction of sp³-hybridized carbons (Fsp3) is 0.286. The fourth-order valence-electron chi connectivity index (χ4n) is 1.87. The third-order valence-corrected chi connectivity index (χ3v) is 2.93. The van der Waals surface area contributed by atoms with E-state index in [4.69, 9.17) is 10.8 Å². The van der Waals surface area contributed by atoms with E-state index < -0.39 is 6.10 Å². The number of nitrogens with two attached hydrogens (primary N) is 1. The van der Waals surface area contributed by atoms with Crippen molar-refractivity contribution in [1.29, 1.82) is 0 Å². The lowest BCUT2D eigenvalue weighted by Crippen LogP contribution is -2.24. The van der Waals surface area contributed by atoms with Crippen LogP contribution in [0.15, 0.2) is 42.5 Å². The summed E-state index contributed by atoms with van der Waals surface area (Å²) in [5.41, 5.74) is 7.09. The topological polar surface area (TPSA) is 83.4 Å². The van der Waals surface area contributed by atoms with E-state index in [0.29, 0.717) is 12.4 Å². The Hall–Kier alpha value is -1.98. The number of anilines is 2. The van der Waals surface area contributed by atoms with Gasteiger partial charge in [0, 0.05) is 6.54 Å². The van der Waals surface area contributed by atoms with Gasteiger partial charge in [-0.2, -0.15) is 0 Å². The number of nitrogen functional groups attached to an aromatic ring is 1. The molecule has 0 fully saturated rings. The molecule has 2 rings (SSSR count). The van der Waals surface area contributed by atoms with Crippen LogP contribution in [0.25, 0.3) is 0 Å². The Morgan fingerprint density at radius 1 is 1.16 bits per heavy atom. The largest absolute Gasteiger partial charge is 0.394 e. The molecule has 0 saturated carbocycles. The maximum Gasteiger partial charge on any atom is 0.107 e.